The van der Waals surface area contributed by atoms with Gasteiger partial charge in [0.1, 0.15) is 19.8 Å². The molecule has 2 amide bonds. The van der Waals surface area contributed by atoms with Crippen molar-refractivity contribution in [2.45, 2.75) is 233 Å². The van der Waals surface area contributed by atoms with E-state index in [1.165, 1.54) is 101 Å². The first-order valence-corrected chi connectivity index (χ1v) is 27.9. The van der Waals surface area contributed by atoms with E-state index in [-0.39, 0.29) is 62.3 Å². The lowest BCUT2D eigenvalue weighted by Crippen LogP contribution is -2.44. The molecule has 0 radical (unpaired) electrons. The molecule has 0 spiro atoms. The molecule has 1 saturated heterocycles. The van der Waals surface area contributed by atoms with Crippen LogP contribution in [0.2, 0.25) is 0 Å². The maximum absolute atomic E-state index is 12.9. The van der Waals surface area contributed by atoms with Crippen molar-refractivity contribution in [3.63, 3.8) is 0 Å². The quantitative estimate of drug-likeness (QED) is 0.0370. The van der Waals surface area contributed by atoms with E-state index in [4.69, 9.17) is 18.9 Å². The molecule has 1 aromatic heterocycles. The van der Waals surface area contributed by atoms with Crippen molar-refractivity contribution in [1.82, 2.24) is 30.1 Å². The van der Waals surface area contributed by atoms with Crippen LogP contribution in [0.3, 0.4) is 0 Å². The fourth-order valence-electron chi connectivity index (χ4n) is 8.73. The fourth-order valence-corrected chi connectivity index (χ4v) is 8.73. The van der Waals surface area contributed by atoms with Crippen molar-refractivity contribution in [3.8, 4) is 0 Å². The van der Waals surface area contributed by atoms with Gasteiger partial charge in [-0.2, -0.15) is 0 Å². The Morgan fingerprint density at radius 3 is 1.71 bits per heavy atom. The first kappa shape index (κ1) is 62.0. The van der Waals surface area contributed by atoms with Gasteiger partial charge in [-0.05, 0) is 58.5 Å². The average molecular weight is 989 g/mol. The van der Waals surface area contributed by atoms with Crippen molar-refractivity contribution in [2.24, 2.45) is 5.92 Å². The number of aromatic nitrogens is 3. The van der Waals surface area contributed by atoms with Crippen molar-refractivity contribution >= 4 is 35.7 Å². The first-order chi connectivity index (χ1) is 34.1. The molecule has 1 atom stereocenters. The van der Waals surface area contributed by atoms with Gasteiger partial charge in [0, 0.05) is 58.1 Å². The van der Waals surface area contributed by atoms with E-state index < -0.39 is 18.0 Å². The standard InChI is InChI=1S/C54H96N6O10/c1-5-9-11-13-15-17-19-21-23-25-27-32-51(63)68-44-48(70-52(64)33-28-26-24-22-20-18-16-14-12-10-6-2)45-69-53(65)43-60-42-47(56-57-60)30-29-31-49(61)55-36-39-59(50(62)7-3)41-40-58-37-34-46(35-38-58)54(66)67-8-4/h42,46,48H,5-41,43-45H2,1-4H3,(H,55,61). The smallest absolute Gasteiger partial charge is 0.327 e. The number of ether oxygens (including phenoxy) is 4. The molecule has 16 nitrogen and oxygen atoms in total. The summed E-state index contributed by atoms with van der Waals surface area (Å²) in [6.07, 6.45) is 30.3. The maximum atomic E-state index is 12.9. The normalized spacial score (nSPS) is 13.4. The average Bonchev–Trinajstić information content (AvgIpc) is 3.80. The number of unbranched alkanes of at least 4 members (excludes halogenated alkanes) is 20. The molecule has 1 N–H and O–H groups in total. The zero-order chi connectivity index (χ0) is 50.9. The highest BCUT2D eigenvalue weighted by molar-refractivity contribution is 5.77. The summed E-state index contributed by atoms with van der Waals surface area (Å²) in [6, 6.07) is 0. The minimum atomic E-state index is -0.925. The summed E-state index contributed by atoms with van der Waals surface area (Å²) in [5.41, 5.74) is 0.616. The van der Waals surface area contributed by atoms with Crippen LogP contribution in [-0.4, -0.2) is 126 Å². The summed E-state index contributed by atoms with van der Waals surface area (Å²) in [5, 5.41) is 11.1. The van der Waals surface area contributed by atoms with E-state index >= 15 is 0 Å². The van der Waals surface area contributed by atoms with Gasteiger partial charge in [0.2, 0.25) is 11.8 Å². The predicted octanol–water partition coefficient (Wildman–Crippen LogP) is 9.63. The van der Waals surface area contributed by atoms with E-state index in [0.717, 1.165) is 64.5 Å². The van der Waals surface area contributed by atoms with Gasteiger partial charge in [-0.3, -0.25) is 28.8 Å². The van der Waals surface area contributed by atoms with Crippen LogP contribution < -0.4 is 5.32 Å². The minimum Gasteiger partial charge on any atom is -0.466 e. The number of nitrogens with zero attached hydrogens (tertiary/aromatic N) is 5. The van der Waals surface area contributed by atoms with Crippen LogP contribution in [0.4, 0.5) is 0 Å². The number of piperidine rings is 1. The zero-order valence-corrected chi connectivity index (χ0v) is 44.3. The molecule has 1 unspecified atom stereocenters. The number of aryl methyl sites for hydroxylation is 1. The summed E-state index contributed by atoms with van der Waals surface area (Å²) >= 11 is 0. The van der Waals surface area contributed by atoms with Gasteiger partial charge in [0.05, 0.1) is 18.2 Å². The lowest BCUT2D eigenvalue weighted by atomic mass is 9.97. The van der Waals surface area contributed by atoms with E-state index in [1.807, 2.05) is 13.8 Å². The maximum Gasteiger partial charge on any atom is 0.327 e. The molecule has 1 fully saturated rings. The molecular weight excluding hydrogens is 893 g/mol. The molecule has 402 valence electrons. The monoisotopic (exact) mass is 989 g/mol. The number of esters is 4. The summed E-state index contributed by atoms with van der Waals surface area (Å²) in [7, 11) is 0. The minimum absolute atomic E-state index is 0.0293. The van der Waals surface area contributed by atoms with E-state index in [9.17, 15) is 28.8 Å². The third kappa shape index (κ3) is 32.0. The van der Waals surface area contributed by atoms with E-state index in [0.29, 0.717) is 70.6 Å². The number of hydrogen-bond donors (Lipinski definition) is 1. The van der Waals surface area contributed by atoms with Gasteiger partial charge < -0.3 is 34.1 Å². The molecule has 1 aliphatic rings. The molecule has 0 aromatic carbocycles. The van der Waals surface area contributed by atoms with Crippen LogP contribution in [0, 0.1) is 5.92 Å². The Labute approximate surface area is 422 Å². The van der Waals surface area contributed by atoms with Crippen molar-refractivity contribution in [3.05, 3.63) is 11.9 Å². The Kier molecular flexibility index (Phi) is 36.8. The third-order valence-corrected chi connectivity index (χ3v) is 13.1. The molecule has 1 aromatic rings. The Balaban J connectivity index is 1.73. The molecule has 0 saturated carbocycles. The molecule has 0 bridgehead atoms. The van der Waals surface area contributed by atoms with Crippen LogP contribution in [0.15, 0.2) is 6.20 Å². The first-order valence-electron chi connectivity index (χ1n) is 27.9. The summed E-state index contributed by atoms with van der Waals surface area (Å²) < 4.78 is 23.2. The van der Waals surface area contributed by atoms with E-state index in [2.05, 4.69) is 34.4 Å². The second-order valence-corrected chi connectivity index (χ2v) is 19.3. The summed E-state index contributed by atoms with van der Waals surface area (Å²) in [4.78, 5) is 79.9. The summed E-state index contributed by atoms with van der Waals surface area (Å²) in [6.45, 7) is 11.4. The largest absolute Gasteiger partial charge is 0.466 e. The van der Waals surface area contributed by atoms with Crippen molar-refractivity contribution in [2.75, 3.05) is 59.1 Å². The highest BCUT2D eigenvalue weighted by atomic mass is 16.6. The van der Waals surface area contributed by atoms with Crippen LogP contribution in [0.1, 0.15) is 220 Å². The lowest BCUT2D eigenvalue weighted by Gasteiger charge is -2.32. The number of hydrogen-bond acceptors (Lipinski definition) is 13. The Hall–Kier alpha value is -4.08. The predicted molar refractivity (Wildman–Crippen MR) is 273 cm³/mol. The molecule has 0 aliphatic carbocycles. The molecule has 2 rings (SSSR count). The van der Waals surface area contributed by atoms with Crippen molar-refractivity contribution in [1.29, 1.82) is 0 Å². The Morgan fingerprint density at radius 1 is 0.643 bits per heavy atom. The topological polar surface area (TPSA) is 189 Å². The molecular formula is C54H96N6O10. The van der Waals surface area contributed by atoms with Crippen LogP contribution in [0.25, 0.3) is 0 Å². The van der Waals surface area contributed by atoms with Gasteiger partial charge in [0.15, 0.2) is 6.10 Å². The number of rotatable bonds is 44. The van der Waals surface area contributed by atoms with Crippen LogP contribution >= 0.6 is 0 Å². The van der Waals surface area contributed by atoms with Gasteiger partial charge >= 0.3 is 23.9 Å². The molecule has 1 aliphatic heterocycles. The number of carbonyl (C=O) groups is 6. The second-order valence-electron chi connectivity index (χ2n) is 19.3. The number of likely N-dealkylation sites (tertiary alicyclic amines) is 1. The number of carbonyl (C=O) groups excluding carboxylic acids is 6. The summed E-state index contributed by atoms with van der Waals surface area (Å²) in [5.74, 6) is -1.66. The highest BCUT2D eigenvalue weighted by Gasteiger charge is 2.26. The van der Waals surface area contributed by atoms with Crippen LogP contribution in [-0.2, 0) is 60.7 Å². The SMILES string of the molecule is CCCCCCCCCCCCCC(=O)OCC(COC(=O)Cn1cc(CCCC(=O)NCCN(CCN2CCC(C(=O)OCC)CC2)C(=O)CC)nn1)OC(=O)CCCCCCCCCCCCC. The Morgan fingerprint density at radius 2 is 1.17 bits per heavy atom. The second kappa shape index (κ2) is 41.5. The van der Waals surface area contributed by atoms with Gasteiger partial charge in [-0.15, -0.1) is 5.10 Å². The fraction of sp³-hybridized carbons (Fsp3) is 0.852. The molecule has 16 heteroatoms. The lowest BCUT2D eigenvalue weighted by molar-refractivity contribution is -0.167. The van der Waals surface area contributed by atoms with Gasteiger partial charge in [0.25, 0.3) is 0 Å². The van der Waals surface area contributed by atoms with Gasteiger partial charge in [-0.25, -0.2) is 4.68 Å². The third-order valence-electron chi connectivity index (χ3n) is 13.1. The van der Waals surface area contributed by atoms with Crippen molar-refractivity contribution < 1.29 is 47.7 Å². The van der Waals surface area contributed by atoms with E-state index in [1.54, 1.807) is 11.1 Å². The number of nitrogens with one attached hydrogen (secondary N) is 1. The Bertz CT molecular complexity index is 1550. The highest BCUT2D eigenvalue weighted by Crippen LogP contribution is 2.19. The number of amides is 2. The van der Waals surface area contributed by atoms with Crippen LogP contribution in [0.5, 0.6) is 0 Å². The van der Waals surface area contributed by atoms with Gasteiger partial charge in [-0.1, -0.05) is 154 Å². The molecule has 70 heavy (non-hydrogen) atoms. The zero-order valence-electron chi connectivity index (χ0n) is 44.3. The molecule has 2 heterocycles.